The van der Waals surface area contributed by atoms with Crippen LogP contribution in [0.1, 0.15) is 30.0 Å². The molecule has 3 heterocycles. The van der Waals surface area contributed by atoms with Gasteiger partial charge in [-0.2, -0.15) is 4.98 Å². The van der Waals surface area contributed by atoms with Gasteiger partial charge >= 0.3 is 6.03 Å². The number of carbonyl (C=O) groups is 1. The number of urea groups is 1. The molecule has 5 rings (SSSR count). The molecule has 32 heavy (non-hydrogen) atoms. The highest BCUT2D eigenvalue weighted by molar-refractivity contribution is 7.13. The zero-order valence-electron chi connectivity index (χ0n) is 17.2. The van der Waals surface area contributed by atoms with Gasteiger partial charge in [0.15, 0.2) is 0 Å². The zero-order chi connectivity index (χ0) is 22.1. The fraction of sp³-hybridized carbons (Fsp3) is 0.125. The van der Waals surface area contributed by atoms with Gasteiger partial charge in [0, 0.05) is 5.70 Å². The van der Waals surface area contributed by atoms with E-state index in [2.05, 4.69) is 15.5 Å². The van der Waals surface area contributed by atoms with Crippen LogP contribution in [0.5, 0.6) is 0 Å². The summed E-state index contributed by atoms with van der Waals surface area (Å²) in [4.78, 5) is 20.2. The van der Waals surface area contributed by atoms with Gasteiger partial charge in [-0.3, -0.25) is 4.90 Å². The Balaban J connectivity index is 1.59. The van der Waals surface area contributed by atoms with Gasteiger partial charge in [-0.05, 0) is 41.6 Å². The second-order valence-electron chi connectivity index (χ2n) is 7.41. The molecule has 6 nitrogen and oxygen atoms in total. The first-order chi connectivity index (χ1) is 15.6. The number of allylic oxidation sites excluding steroid dienone is 1. The molecule has 1 unspecified atom stereocenters. The first kappa shape index (κ1) is 20.1. The lowest BCUT2D eigenvalue weighted by atomic mass is 9.94. The van der Waals surface area contributed by atoms with E-state index in [9.17, 15) is 9.18 Å². The van der Waals surface area contributed by atoms with Gasteiger partial charge in [-0.1, -0.05) is 53.7 Å². The van der Waals surface area contributed by atoms with Crippen molar-refractivity contribution in [2.24, 2.45) is 0 Å². The number of aromatic nitrogens is 2. The molecule has 0 saturated carbocycles. The first-order valence-electron chi connectivity index (χ1n) is 10.1. The summed E-state index contributed by atoms with van der Waals surface area (Å²) in [6.07, 6.45) is 0. The summed E-state index contributed by atoms with van der Waals surface area (Å²) in [5, 5.41) is 9.17. The fourth-order valence-electron chi connectivity index (χ4n) is 3.76. The number of hydrogen-bond acceptors (Lipinski definition) is 5. The monoisotopic (exact) mass is 446 g/mol. The van der Waals surface area contributed by atoms with Crippen LogP contribution in [-0.4, -0.2) is 21.1 Å². The standard InChI is InChI=1S/C24H19FN4O2S/c1-15-20(23-27-22(28-31-23)19-8-5-13-32-19)21(17-6-3-2-4-7-17)26-24(30)29(15)14-16-9-11-18(25)12-10-16/h2-13,21H,14H2,1H3,(H,26,30). The third-order valence-electron chi connectivity index (χ3n) is 5.38. The third-order valence-corrected chi connectivity index (χ3v) is 6.25. The SMILES string of the molecule is CC1=C(c2nc(-c3cccs3)no2)C(c2ccccc2)NC(=O)N1Cc1ccc(F)cc1. The van der Waals surface area contributed by atoms with Crippen molar-refractivity contribution in [3.63, 3.8) is 0 Å². The number of carbonyl (C=O) groups excluding carboxylic acids is 1. The lowest BCUT2D eigenvalue weighted by molar-refractivity contribution is 0.203. The summed E-state index contributed by atoms with van der Waals surface area (Å²) >= 11 is 1.53. The molecular formula is C24H19FN4O2S. The number of halogens is 1. The summed E-state index contributed by atoms with van der Waals surface area (Å²) < 4.78 is 19.0. The lowest BCUT2D eigenvalue weighted by Crippen LogP contribution is -2.45. The number of nitrogens with zero attached hydrogens (tertiary/aromatic N) is 3. The number of thiophene rings is 1. The summed E-state index contributed by atoms with van der Waals surface area (Å²) in [7, 11) is 0. The Kier molecular flexibility index (Phi) is 5.28. The molecule has 2 aromatic heterocycles. The highest BCUT2D eigenvalue weighted by Gasteiger charge is 2.35. The Labute approximate surface area is 188 Å². The van der Waals surface area contributed by atoms with E-state index in [1.54, 1.807) is 17.0 Å². The molecule has 4 aromatic rings. The number of hydrogen-bond donors (Lipinski definition) is 1. The Morgan fingerprint density at radius 1 is 1.09 bits per heavy atom. The molecule has 1 aliphatic rings. The van der Waals surface area contributed by atoms with E-state index in [1.165, 1.54) is 23.5 Å². The van der Waals surface area contributed by atoms with E-state index in [0.29, 0.717) is 17.4 Å². The molecule has 1 aliphatic heterocycles. The molecule has 160 valence electrons. The van der Waals surface area contributed by atoms with E-state index < -0.39 is 6.04 Å². The van der Waals surface area contributed by atoms with E-state index in [1.807, 2.05) is 54.8 Å². The van der Waals surface area contributed by atoms with Gasteiger partial charge < -0.3 is 9.84 Å². The molecule has 1 atom stereocenters. The average molecular weight is 447 g/mol. The Hall–Kier alpha value is -3.78. The zero-order valence-corrected chi connectivity index (χ0v) is 18.0. The molecular weight excluding hydrogens is 427 g/mol. The summed E-state index contributed by atoms with van der Waals surface area (Å²) in [5.41, 5.74) is 3.15. The predicted molar refractivity (Wildman–Crippen MR) is 120 cm³/mol. The number of rotatable bonds is 5. The van der Waals surface area contributed by atoms with Crippen LogP contribution in [0.25, 0.3) is 16.3 Å². The molecule has 1 N–H and O–H groups in total. The van der Waals surface area contributed by atoms with Crippen molar-refractivity contribution in [3.05, 3.63) is 101 Å². The minimum atomic E-state index is -0.440. The van der Waals surface area contributed by atoms with E-state index in [0.717, 1.165) is 21.6 Å². The summed E-state index contributed by atoms with van der Waals surface area (Å²) in [6.45, 7) is 2.15. The Bertz CT molecular complexity index is 1270. The maximum Gasteiger partial charge on any atom is 0.322 e. The normalized spacial score (nSPS) is 16.4. The Morgan fingerprint density at radius 2 is 1.88 bits per heavy atom. The van der Waals surface area contributed by atoms with Crippen molar-refractivity contribution in [1.82, 2.24) is 20.4 Å². The van der Waals surface area contributed by atoms with Crippen molar-refractivity contribution < 1.29 is 13.7 Å². The smallest absolute Gasteiger partial charge is 0.322 e. The highest BCUT2D eigenvalue weighted by Crippen LogP contribution is 2.38. The second-order valence-corrected chi connectivity index (χ2v) is 8.35. The average Bonchev–Trinajstić information content (AvgIpc) is 3.50. The molecule has 0 fully saturated rings. The van der Waals surface area contributed by atoms with Crippen LogP contribution >= 0.6 is 11.3 Å². The van der Waals surface area contributed by atoms with E-state index in [4.69, 9.17) is 4.52 Å². The van der Waals surface area contributed by atoms with Crippen molar-refractivity contribution >= 4 is 22.9 Å². The molecule has 8 heteroatoms. The first-order valence-corrected chi connectivity index (χ1v) is 10.9. The molecule has 0 aliphatic carbocycles. The van der Waals surface area contributed by atoms with Crippen molar-refractivity contribution in [2.75, 3.05) is 0 Å². The van der Waals surface area contributed by atoms with Crippen molar-refractivity contribution in [3.8, 4) is 10.7 Å². The molecule has 0 spiro atoms. The minimum absolute atomic E-state index is 0.248. The number of benzene rings is 2. The third kappa shape index (κ3) is 3.80. The quantitative estimate of drug-likeness (QED) is 0.431. The molecule has 0 radical (unpaired) electrons. The van der Waals surface area contributed by atoms with Gasteiger partial charge in [0.05, 0.1) is 23.0 Å². The van der Waals surface area contributed by atoms with Crippen LogP contribution in [0, 0.1) is 5.82 Å². The molecule has 2 aromatic carbocycles. The van der Waals surface area contributed by atoms with Crippen molar-refractivity contribution in [1.29, 1.82) is 0 Å². The van der Waals surface area contributed by atoms with Crippen LogP contribution in [0.15, 0.2) is 82.3 Å². The predicted octanol–water partition coefficient (Wildman–Crippen LogP) is 5.63. The van der Waals surface area contributed by atoms with Crippen LogP contribution < -0.4 is 5.32 Å². The van der Waals surface area contributed by atoms with Crippen LogP contribution in [-0.2, 0) is 6.54 Å². The van der Waals surface area contributed by atoms with Crippen LogP contribution in [0.3, 0.4) is 0 Å². The van der Waals surface area contributed by atoms with Gasteiger partial charge in [-0.25, -0.2) is 9.18 Å². The summed E-state index contributed by atoms with van der Waals surface area (Å²) in [5.74, 6) is 0.536. The topological polar surface area (TPSA) is 71.3 Å². The second kappa shape index (κ2) is 8.39. The lowest BCUT2D eigenvalue weighted by Gasteiger charge is -2.35. The van der Waals surface area contributed by atoms with Crippen molar-refractivity contribution in [2.45, 2.75) is 19.5 Å². The number of amides is 2. The van der Waals surface area contributed by atoms with E-state index >= 15 is 0 Å². The van der Waals surface area contributed by atoms with Gasteiger partial charge in [-0.15, -0.1) is 11.3 Å². The molecule has 2 amide bonds. The van der Waals surface area contributed by atoms with Crippen LogP contribution in [0.2, 0.25) is 0 Å². The number of nitrogens with one attached hydrogen (secondary N) is 1. The highest BCUT2D eigenvalue weighted by atomic mass is 32.1. The maximum absolute atomic E-state index is 13.3. The fourth-order valence-corrected chi connectivity index (χ4v) is 4.40. The van der Waals surface area contributed by atoms with Gasteiger partial charge in [0.2, 0.25) is 5.82 Å². The maximum atomic E-state index is 13.3. The largest absolute Gasteiger partial charge is 0.334 e. The minimum Gasteiger partial charge on any atom is -0.334 e. The van der Waals surface area contributed by atoms with E-state index in [-0.39, 0.29) is 18.4 Å². The van der Waals surface area contributed by atoms with Gasteiger partial charge in [0.1, 0.15) is 5.82 Å². The summed E-state index contributed by atoms with van der Waals surface area (Å²) in [6, 6.07) is 18.9. The molecule has 0 bridgehead atoms. The Morgan fingerprint density at radius 3 is 2.59 bits per heavy atom. The van der Waals surface area contributed by atoms with Crippen LogP contribution in [0.4, 0.5) is 9.18 Å². The van der Waals surface area contributed by atoms with Gasteiger partial charge in [0.25, 0.3) is 5.89 Å². The molecule has 0 saturated heterocycles.